The highest BCUT2D eigenvalue weighted by Crippen LogP contribution is 2.21. The van der Waals surface area contributed by atoms with Gasteiger partial charge in [0.2, 0.25) is 5.91 Å². The van der Waals surface area contributed by atoms with Crippen LogP contribution < -0.4 is 9.47 Å². The number of benzene rings is 1. The summed E-state index contributed by atoms with van der Waals surface area (Å²) in [6, 6.07) is 7.55. The van der Waals surface area contributed by atoms with E-state index in [1.807, 2.05) is 29.2 Å². The van der Waals surface area contributed by atoms with Crippen LogP contribution in [0.3, 0.4) is 0 Å². The molecule has 1 aromatic carbocycles. The standard InChI is InChI=1S/C17H22N4O3/c1-23-15-4-6-16(7-5-15)24-13-14-3-2-9-20(11-14)17(22)12-21-10-8-18-19-21/h4-8,10,14H,2-3,9,11-13H2,1H3. The molecule has 1 aromatic heterocycles. The van der Waals surface area contributed by atoms with Crippen LogP contribution in [-0.2, 0) is 11.3 Å². The van der Waals surface area contributed by atoms with Gasteiger partial charge in [0.25, 0.3) is 0 Å². The summed E-state index contributed by atoms with van der Waals surface area (Å²) in [6.07, 6.45) is 5.35. The quantitative estimate of drug-likeness (QED) is 0.805. The second kappa shape index (κ2) is 7.81. The highest BCUT2D eigenvalue weighted by Gasteiger charge is 2.24. The highest BCUT2D eigenvalue weighted by molar-refractivity contribution is 5.76. The lowest BCUT2D eigenvalue weighted by molar-refractivity contribution is -0.134. The number of hydrogen-bond acceptors (Lipinski definition) is 5. The second-order valence-corrected chi connectivity index (χ2v) is 5.94. The van der Waals surface area contributed by atoms with Crippen LogP contribution in [-0.4, -0.2) is 52.6 Å². The molecule has 7 nitrogen and oxygen atoms in total. The first-order valence-electron chi connectivity index (χ1n) is 8.13. The Bertz CT molecular complexity index is 642. The number of rotatable bonds is 6. The number of amides is 1. The van der Waals surface area contributed by atoms with Crippen molar-refractivity contribution < 1.29 is 14.3 Å². The maximum Gasteiger partial charge on any atom is 0.244 e. The lowest BCUT2D eigenvalue weighted by Gasteiger charge is -2.32. The predicted molar refractivity (Wildman–Crippen MR) is 87.8 cm³/mol. The van der Waals surface area contributed by atoms with Gasteiger partial charge in [0.15, 0.2) is 0 Å². The van der Waals surface area contributed by atoms with E-state index in [-0.39, 0.29) is 12.5 Å². The SMILES string of the molecule is COc1ccc(OCC2CCCN(C(=O)Cn3ccnn3)C2)cc1. The summed E-state index contributed by atoms with van der Waals surface area (Å²) in [5, 5.41) is 7.57. The molecule has 0 aliphatic carbocycles. The van der Waals surface area contributed by atoms with Crippen molar-refractivity contribution in [1.29, 1.82) is 0 Å². The van der Waals surface area contributed by atoms with Gasteiger partial charge in [-0.2, -0.15) is 0 Å². The molecule has 3 rings (SSSR count). The Kier molecular flexibility index (Phi) is 5.30. The Labute approximate surface area is 141 Å². The van der Waals surface area contributed by atoms with E-state index in [0.29, 0.717) is 12.5 Å². The van der Waals surface area contributed by atoms with Gasteiger partial charge in [-0.1, -0.05) is 5.21 Å². The minimum absolute atomic E-state index is 0.0784. The zero-order valence-corrected chi connectivity index (χ0v) is 13.8. The highest BCUT2D eigenvalue weighted by atomic mass is 16.5. The van der Waals surface area contributed by atoms with Crippen molar-refractivity contribution >= 4 is 5.91 Å². The summed E-state index contributed by atoms with van der Waals surface area (Å²) in [6.45, 7) is 2.38. The average Bonchev–Trinajstić information content (AvgIpc) is 3.13. The summed E-state index contributed by atoms with van der Waals surface area (Å²) < 4.78 is 12.5. The van der Waals surface area contributed by atoms with Crippen molar-refractivity contribution in [2.45, 2.75) is 19.4 Å². The summed E-state index contributed by atoms with van der Waals surface area (Å²) in [5.74, 6) is 2.06. The molecule has 0 N–H and O–H groups in total. The molecule has 1 aliphatic heterocycles. The zero-order chi connectivity index (χ0) is 16.8. The number of carbonyl (C=O) groups is 1. The van der Waals surface area contributed by atoms with Crippen molar-refractivity contribution in [2.24, 2.45) is 5.92 Å². The Morgan fingerprint density at radius 2 is 2.08 bits per heavy atom. The molecule has 0 spiro atoms. The van der Waals surface area contributed by atoms with Crippen molar-refractivity contribution in [1.82, 2.24) is 19.9 Å². The summed E-state index contributed by atoms with van der Waals surface area (Å²) in [7, 11) is 1.64. The van der Waals surface area contributed by atoms with Gasteiger partial charge in [0.05, 0.1) is 19.9 Å². The summed E-state index contributed by atoms with van der Waals surface area (Å²) >= 11 is 0. The van der Waals surface area contributed by atoms with Crippen LogP contribution in [0.25, 0.3) is 0 Å². The molecule has 1 saturated heterocycles. The smallest absolute Gasteiger partial charge is 0.244 e. The third-order valence-corrected chi connectivity index (χ3v) is 4.19. The number of aromatic nitrogens is 3. The van der Waals surface area contributed by atoms with E-state index in [9.17, 15) is 4.79 Å². The van der Waals surface area contributed by atoms with E-state index < -0.39 is 0 Å². The first-order chi connectivity index (χ1) is 11.7. The van der Waals surface area contributed by atoms with Gasteiger partial charge in [0, 0.05) is 25.2 Å². The van der Waals surface area contributed by atoms with Gasteiger partial charge >= 0.3 is 0 Å². The summed E-state index contributed by atoms with van der Waals surface area (Å²) in [4.78, 5) is 14.2. The van der Waals surface area contributed by atoms with E-state index in [4.69, 9.17) is 9.47 Å². The van der Waals surface area contributed by atoms with Crippen molar-refractivity contribution in [3.63, 3.8) is 0 Å². The monoisotopic (exact) mass is 330 g/mol. The molecule has 0 radical (unpaired) electrons. The van der Waals surface area contributed by atoms with Crippen LogP contribution in [0.5, 0.6) is 11.5 Å². The second-order valence-electron chi connectivity index (χ2n) is 5.94. The number of nitrogens with zero attached hydrogens (tertiary/aromatic N) is 4. The van der Waals surface area contributed by atoms with Crippen LogP contribution in [0, 0.1) is 5.92 Å². The van der Waals surface area contributed by atoms with Crippen LogP contribution >= 0.6 is 0 Å². The lowest BCUT2D eigenvalue weighted by Crippen LogP contribution is -2.43. The molecule has 128 valence electrons. The number of likely N-dealkylation sites (tertiary alicyclic amines) is 1. The number of ether oxygens (including phenoxy) is 2. The van der Waals surface area contributed by atoms with Gasteiger partial charge in [-0.05, 0) is 37.1 Å². The molecule has 1 fully saturated rings. The Balaban J connectivity index is 1.48. The van der Waals surface area contributed by atoms with Crippen molar-refractivity contribution in [2.75, 3.05) is 26.8 Å². The third kappa shape index (κ3) is 4.24. The lowest BCUT2D eigenvalue weighted by atomic mass is 9.99. The molecule has 0 bridgehead atoms. The van der Waals surface area contributed by atoms with Gasteiger partial charge in [0.1, 0.15) is 18.0 Å². The number of carbonyl (C=O) groups excluding carboxylic acids is 1. The Morgan fingerprint density at radius 1 is 1.29 bits per heavy atom. The number of hydrogen-bond donors (Lipinski definition) is 0. The normalized spacial score (nSPS) is 17.5. The van der Waals surface area contributed by atoms with Gasteiger partial charge in [-0.3, -0.25) is 4.79 Å². The predicted octanol–water partition coefficient (Wildman–Crippen LogP) is 1.60. The molecule has 1 aliphatic rings. The van der Waals surface area contributed by atoms with Crippen molar-refractivity contribution in [3.05, 3.63) is 36.7 Å². The van der Waals surface area contributed by atoms with E-state index in [1.165, 1.54) is 0 Å². The average molecular weight is 330 g/mol. The van der Waals surface area contributed by atoms with Gasteiger partial charge < -0.3 is 14.4 Å². The minimum Gasteiger partial charge on any atom is -0.497 e. The molecule has 1 unspecified atom stereocenters. The minimum atomic E-state index is 0.0784. The van der Waals surface area contributed by atoms with Crippen LogP contribution in [0.2, 0.25) is 0 Å². The van der Waals surface area contributed by atoms with E-state index in [2.05, 4.69) is 10.3 Å². The first kappa shape index (κ1) is 16.3. The molecule has 2 aromatic rings. The zero-order valence-electron chi connectivity index (χ0n) is 13.8. The van der Waals surface area contributed by atoms with Gasteiger partial charge in [-0.15, -0.1) is 5.10 Å². The van der Waals surface area contributed by atoms with E-state index >= 15 is 0 Å². The first-order valence-corrected chi connectivity index (χ1v) is 8.13. The fourth-order valence-electron chi connectivity index (χ4n) is 2.87. The maximum absolute atomic E-state index is 12.3. The number of methoxy groups -OCH3 is 1. The topological polar surface area (TPSA) is 69.5 Å². The van der Waals surface area contributed by atoms with Crippen LogP contribution in [0.4, 0.5) is 0 Å². The van der Waals surface area contributed by atoms with Crippen LogP contribution in [0.15, 0.2) is 36.7 Å². The summed E-state index contributed by atoms with van der Waals surface area (Å²) in [5.41, 5.74) is 0. The fourth-order valence-corrected chi connectivity index (χ4v) is 2.87. The molecular formula is C17H22N4O3. The van der Waals surface area contributed by atoms with Crippen LogP contribution in [0.1, 0.15) is 12.8 Å². The molecule has 1 atom stereocenters. The largest absolute Gasteiger partial charge is 0.497 e. The Morgan fingerprint density at radius 3 is 2.79 bits per heavy atom. The molecule has 7 heteroatoms. The third-order valence-electron chi connectivity index (χ3n) is 4.19. The van der Waals surface area contributed by atoms with E-state index in [1.54, 1.807) is 24.2 Å². The molecule has 24 heavy (non-hydrogen) atoms. The van der Waals surface area contributed by atoms with Gasteiger partial charge in [-0.25, -0.2) is 4.68 Å². The molecule has 0 saturated carbocycles. The van der Waals surface area contributed by atoms with E-state index in [0.717, 1.165) is 37.4 Å². The van der Waals surface area contributed by atoms with Crippen molar-refractivity contribution in [3.8, 4) is 11.5 Å². The fraction of sp³-hybridized carbons (Fsp3) is 0.471. The molecule has 1 amide bonds. The molecular weight excluding hydrogens is 308 g/mol. The molecule has 2 heterocycles. The maximum atomic E-state index is 12.3. The number of piperidine rings is 1. The Hall–Kier alpha value is -2.57.